The van der Waals surface area contributed by atoms with E-state index in [1.54, 1.807) is 16.2 Å². The first kappa shape index (κ1) is 22.8. The first-order chi connectivity index (χ1) is 17.1. The van der Waals surface area contributed by atoms with E-state index in [4.69, 9.17) is 9.72 Å². The van der Waals surface area contributed by atoms with E-state index in [2.05, 4.69) is 38.1 Å². The van der Waals surface area contributed by atoms with Gasteiger partial charge in [-0.1, -0.05) is 90.2 Å². The lowest BCUT2D eigenvalue weighted by atomic mass is 10.1. The Morgan fingerprint density at radius 1 is 0.857 bits per heavy atom. The number of fused-ring (bicyclic) bond motifs is 1. The molecule has 5 aromatic rings. The number of amides is 1. The Balaban J connectivity index is 1.37. The molecular formula is C30H26N2O2S. The van der Waals surface area contributed by atoms with Crippen molar-refractivity contribution in [1.29, 1.82) is 0 Å². The highest BCUT2D eigenvalue weighted by Gasteiger charge is 2.21. The number of aromatic nitrogens is 1. The van der Waals surface area contributed by atoms with E-state index < -0.39 is 0 Å². The lowest BCUT2D eigenvalue weighted by molar-refractivity contribution is -0.120. The average molecular weight is 479 g/mol. The number of hydrogen-bond donors (Lipinski definition) is 0. The summed E-state index contributed by atoms with van der Waals surface area (Å²) in [5.74, 6) is 0.530. The highest BCUT2D eigenvalue weighted by Crippen LogP contribution is 2.32. The maximum absolute atomic E-state index is 13.4. The zero-order chi connectivity index (χ0) is 24.2. The fourth-order valence-electron chi connectivity index (χ4n) is 4.10. The first-order valence-electron chi connectivity index (χ1n) is 11.6. The van der Waals surface area contributed by atoms with Crippen molar-refractivity contribution in [3.05, 3.63) is 114 Å². The second-order valence-corrected chi connectivity index (χ2v) is 9.58. The molecule has 0 N–H and O–H groups in total. The molecule has 174 valence electrons. The molecule has 4 aromatic carbocycles. The fraction of sp³-hybridized carbons (Fsp3) is 0.133. The summed E-state index contributed by atoms with van der Waals surface area (Å²) in [7, 11) is 0. The third kappa shape index (κ3) is 5.26. The van der Waals surface area contributed by atoms with Gasteiger partial charge in [-0.3, -0.25) is 9.69 Å². The average Bonchev–Trinajstić information content (AvgIpc) is 3.31. The monoisotopic (exact) mass is 478 g/mol. The Bertz CT molecular complexity index is 1450. The third-order valence-corrected chi connectivity index (χ3v) is 6.88. The molecule has 35 heavy (non-hydrogen) atoms. The molecule has 1 amide bonds. The van der Waals surface area contributed by atoms with Gasteiger partial charge in [-0.15, -0.1) is 0 Å². The largest absolute Gasteiger partial charge is 0.484 e. The topological polar surface area (TPSA) is 42.4 Å². The predicted molar refractivity (Wildman–Crippen MR) is 144 cm³/mol. The minimum Gasteiger partial charge on any atom is -0.484 e. The van der Waals surface area contributed by atoms with Crippen LogP contribution in [0, 0.1) is 13.8 Å². The molecule has 0 spiro atoms. The van der Waals surface area contributed by atoms with Gasteiger partial charge in [-0.25, -0.2) is 4.98 Å². The van der Waals surface area contributed by atoms with Crippen LogP contribution in [-0.4, -0.2) is 17.5 Å². The molecule has 0 aliphatic heterocycles. The Kier molecular flexibility index (Phi) is 6.59. The lowest BCUT2D eigenvalue weighted by Crippen LogP contribution is -2.34. The molecule has 0 aliphatic rings. The van der Waals surface area contributed by atoms with Crippen molar-refractivity contribution in [2.24, 2.45) is 0 Å². The summed E-state index contributed by atoms with van der Waals surface area (Å²) < 4.78 is 6.99. The number of anilines is 1. The van der Waals surface area contributed by atoms with Crippen molar-refractivity contribution >= 4 is 32.6 Å². The normalized spacial score (nSPS) is 10.9. The Morgan fingerprint density at radius 2 is 1.51 bits per heavy atom. The molecule has 0 saturated carbocycles. The third-order valence-electron chi connectivity index (χ3n) is 5.86. The van der Waals surface area contributed by atoms with E-state index in [0.717, 1.165) is 32.5 Å². The second kappa shape index (κ2) is 10.1. The van der Waals surface area contributed by atoms with Crippen LogP contribution in [0.15, 0.2) is 97.1 Å². The van der Waals surface area contributed by atoms with E-state index in [-0.39, 0.29) is 12.5 Å². The van der Waals surface area contributed by atoms with Crippen LogP contribution in [0.5, 0.6) is 5.75 Å². The summed E-state index contributed by atoms with van der Waals surface area (Å²) in [4.78, 5) is 20.0. The van der Waals surface area contributed by atoms with Crippen LogP contribution in [0.2, 0.25) is 0 Å². The number of rotatable bonds is 7. The quantitative estimate of drug-likeness (QED) is 0.249. The lowest BCUT2D eigenvalue weighted by Gasteiger charge is -2.20. The van der Waals surface area contributed by atoms with Crippen LogP contribution in [0.3, 0.4) is 0 Å². The standard InChI is InChI=1S/C30H26N2O2S/c1-21-17-22(2)29-27(18-21)35-30(31-29)32(19-23-9-5-3-6-10-23)28(33)20-34-26-15-13-25(14-16-26)24-11-7-4-8-12-24/h3-18H,19-20H2,1-2H3. The van der Waals surface area contributed by atoms with Gasteiger partial charge < -0.3 is 4.74 Å². The van der Waals surface area contributed by atoms with Crippen molar-refractivity contribution in [2.45, 2.75) is 20.4 Å². The summed E-state index contributed by atoms with van der Waals surface area (Å²) in [6.07, 6.45) is 0. The van der Waals surface area contributed by atoms with Crippen molar-refractivity contribution in [3.8, 4) is 16.9 Å². The highest BCUT2D eigenvalue weighted by atomic mass is 32.1. The molecule has 5 rings (SSSR count). The Morgan fingerprint density at radius 3 is 2.23 bits per heavy atom. The maximum atomic E-state index is 13.4. The molecule has 4 nitrogen and oxygen atoms in total. The van der Waals surface area contributed by atoms with E-state index in [1.807, 2.05) is 72.8 Å². The van der Waals surface area contributed by atoms with Gasteiger partial charge in [-0.2, -0.15) is 0 Å². The number of aryl methyl sites for hydroxylation is 2. The van der Waals surface area contributed by atoms with E-state index in [9.17, 15) is 4.79 Å². The van der Waals surface area contributed by atoms with Gasteiger partial charge in [0.15, 0.2) is 11.7 Å². The van der Waals surface area contributed by atoms with Crippen LogP contribution in [0.25, 0.3) is 21.3 Å². The van der Waals surface area contributed by atoms with E-state index >= 15 is 0 Å². The first-order valence-corrected chi connectivity index (χ1v) is 12.4. The SMILES string of the molecule is Cc1cc(C)c2nc(N(Cc3ccccc3)C(=O)COc3ccc(-c4ccccc4)cc3)sc2c1. The maximum Gasteiger partial charge on any atom is 0.267 e. The zero-order valence-electron chi connectivity index (χ0n) is 19.8. The van der Waals surface area contributed by atoms with Gasteiger partial charge in [0.1, 0.15) is 5.75 Å². The van der Waals surface area contributed by atoms with E-state index in [1.165, 1.54) is 5.56 Å². The fourth-order valence-corrected chi connectivity index (χ4v) is 5.26. The van der Waals surface area contributed by atoms with Gasteiger partial charge in [-0.05, 0) is 59.9 Å². The molecule has 0 saturated heterocycles. The van der Waals surface area contributed by atoms with Crippen molar-refractivity contribution in [3.63, 3.8) is 0 Å². The number of hydrogen-bond acceptors (Lipinski definition) is 4. The minimum atomic E-state index is -0.130. The minimum absolute atomic E-state index is 0.0640. The van der Waals surface area contributed by atoms with Crippen LogP contribution in [0.1, 0.15) is 16.7 Å². The zero-order valence-corrected chi connectivity index (χ0v) is 20.6. The number of nitrogens with zero attached hydrogens (tertiary/aromatic N) is 2. The van der Waals surface area contributed by atoms with Crippen LogP contribution >= 0.6 is 11.3 Å². The van der Waals surface area contributed by atoms with Crippen LogP contribution in [0.4, 0.5) is 5.13 Å². The number of ether oxygens (including phenoxy) is 1. The molecule has 0 fully saturated rings. The van der Waals surface area contributed by atoms with Gasteiger partial charge in [0.2, 0.25) is 0 Å². The highest BCUT2D eigenvalue weighted by molar-refractivity contribution is 7.22. The van der Waals surface area contributed by atoms with Crippen LogP contribution < -0.4 is 9.64 Å². The number of carbonyl (C=O) groups is 1. The molecule has 0 atom stereocenters. The summed E-state index contributed by atoms with van der Waals surface area (Å²) in [5, 5.41) is 0.686. The number of carbonyl (C=O) groups excluding carboxylic acids is 1. The predicted octanol–water partition coefficient (Wildman–Crippen LogP) is 7.19. The van der Waals surface area contributed by atoms with Gasteiger partial charge in [0.25, 0.3) is 5.91 Å². The smallest absolute Gasteiger partial charge is 0.267 e. The molecule has 5 heteroatoms. The van der Waals surface area contributed by atoms with Crippen molar-refractivity contribution < 1.29 is 9.53 Å². The Labute approximate surface area is 209 Å². The van der Waals surface area contributed by atoms with Crippen molar-refractivity contribution in [1.82, 2.24) is 4.98 Å². The van der Waals surface area contributed by atoms with Crippen LogP contribution in [-0.2, 0) is 11.3 Å². The number of benzene rings is 4. The number of thiazole rings is 1. The summed E-state index contributed by atoms with van der Waals surface area (Å²) in [5.41, 5.74) is 6.54. The Hall–Kier alpha value is -3.96. The van der Waals surface area contributed by atoms with Gasteiger partial charge in [0, 0.05) is 0 Å². The second-order valence-electron chi connectivity index (χ2n) is 8.57. The molecule has 0 bridgehead atoms. The van der Waals surface area contributed by atoms with Gasteiger partial charge in [0.05, 0.1) is 16.8 Å². The van der Waals surface area contributed by atoms with Gasteiger partial charge >= 0.3 is 0 Å². The molecular weight excluding hydrogens is 452 g/mol. The molecule has 1 heterocycles. The summed E-state index contributed by atoms with van der Waals surface area (Å²) in [6, 6.07) is 32.2. The summed E-state index contributed by atoms with van der Waals surface area (Å²) >= 11 is 1.54. The molecule has 0 aliphatic carbocycles. The molecule has 1 aromatic heterocycles. The molecule has 0 unspecified atom stereocenters. The summed E-state index contributed by atoms with van der Waals surface area (Å²) in [6.45, 7) is 4.51. The van der Waals surface area contributed by atoms with Crippen molar-refractivity contribution in [2.75, 3.05) is 11.5 Å². The van der Waals surface area contributed by atoms with E-state index in [0.29, 0.717) is 17.4 Å². The molecule has 0 radical (unpaired) electrons.